The summed E-state index contributed by atoms with van der Waals surface area (Å²) in [5, 5.41) is 0.575. The second-order valence-electron chi connectivity index (χ2n) is 4.75. The van der Waals surface area contributed by atoms with Gasteiger partial charge in [-0.2, -0.15) is 0 Å². The minimum atomic E-state index is -3.39. The SMILES string of the molecule is CS(=O)(=O)c1cc(-n2c(CCl)nc3cc(Cl)ccc32)ccn1. The zero-order chi connectivity index (χ0) is 15.9. The van der Waals surface area contributed by atoms with Gasteiger partial charge in [0.1, 0.15) is 5.82 Å². The molecule has 0 radical (unpaired) electrons. The molecule has 114 valence electrons. The third kappa shape index (κ3) is 2.69. The highest BCUT2D eigenvalue weighted by Gasteiger charge is 2.15. The summed E-state index contributed by atoms with van der Waals surface area (Å²) < 4.78 is 25.2. The van der Waals surface area contributed by atoms with Crippen molar-refractivity contribution in [3.05, 3.63) is 47.4 Å². The number of alkyl halides is 1. The molecule has 0 aliphatic carbocycles. The van der Waals surface area contributed by atoms with Gasteiger partial charge in [0.2, 0.25) is 0 Å². The summed E-state index contributed by atoms with van der Waals surface area (Å²) in [6.07, 6.45) is 2.57. The molecule has 2 heterocycles. The van der Waals surface area contributed by atoms with Gasteiger partial charge in [-0.15, -0.1) is 11.6 Å². The maximum atomic E-state index is 11.7. The summed E-state index contributed by atoms with van der Waals surface area (Å²) in [5.41, 5.74) is 2.13. The van der Waals surface area contributed by atoms with Crippen LogP contribution >= 0.6 is 23.2 Å². The van der Waals surface area contributed by atoms with E-state index < -0.39 is 9.84 Å². The summed E-state index contributed by atoms with van der Waals surface area (Å²) in [6, 6.07) is 8.52. The number of halogens is 2. The first-order chi connectivity index (χ1) is 10.4. The average Bonchev–Trinajstić information content (AvgIpc) is 2.84. The molecule has 3 rings (SSSR count). The Balaban J connectivity index is 2.30. The lowest BCUT2D eigenvalue weighted by atomic mass is 10.3. The Kier molecular flexibility index (Phi) is 3.84. The number of sulfone groups is 1. The molecule has 0 atom stereocenters. The van der Waals surface area contributed by atoms with Gasteiger partial charge in [-0.05, 0) is 30.3 Å². The van der Waals surface area contributed by atoms with Crippen molar-refractivity contribution in [2.75, 3.05) is 6.26 Å². The minimum Gasteiger partial charge on any atom is -0.295 e. The lowest BCUT2D eigenvalue weighted by Gasteiger charge is -2.08. The number of hydrogen-bond donors (Lipinski definition) is 0. The first-order valence-corrected chi connectivity index (χ1v) is 9.10. The highest BCUT2D eigenvalue weighted by molar-refractivity contribution is 7.90. The Hall–Kier alpha value is -1.63. The monoisotopic (exact) mass is 355 g/mol. The molecule has 0 amide bonds. The maximum absolute atomic E-state index is 11.7. The predicted octanol–water partition coefficient (Wildman–Crippen LogP) is 3.22. The molecule has 2 aromatic heterocycles. The van der Waals surface area contributed by atoms with Crippen molar-refractivity contribution >= 4 is 44.1 Å². The van der Waals surface area contributed by atoms with Crippen LogP contribution in [0.3, 0.4) is 0 Å². The first kappa shape index (κ1) is 15.3. The molecule has 0 bridgehead atoms. The number of rotatable bonds is 3. The van der Waals surface area contributed by atoms with Gasteiger partial charge >= 0.3 is 0 Å². The maximum Gasteiger partial charge on any atom is 0.192 e. The molecule has 0 N–H and O–H groups in total. The van der Waals surface area contributed by atoms with E-state index in [1.165, 1.54) is 12.3 Å². The van der Waals surface area contributed by atoms with Crippen molar-refractivity contribution in [2.45, 2.75) is 10.9 Å². The number of benzene rings is 1. The summed E-state index contributed by atoms with van der Waals surface area (Å²) in [7, 11) is -3.39. The van der Waals surface area contributed by atoms with Crippen LogP contribution in [-0.4, -0.2) is 29.2 Å². The predicted molar refractivity (Wildman–Crippen MR) is 86.5 cm³/mol. The Morgan fingerprint density at radius 1 is 1.23 bits per heavy atom. The van der Waals surface area contributed by atoms with Gasteiger partial charge < -0.3 is 0 Å². The van der Waals surface area contributed by atoms with Gasteiger partial charge in [0.05, 0.1) is 22.6 Å². The molecule has 5 nitrogen and oxygen atoms in total. The highest BCUT2D eigenvalue weighted by atomic mass is 35.5. The fourth-order valence-corrected chi connectivity index (χ4v) is 3.15. The van der Waals surface area contributed by atoms with Crippen LogP contribution < -0.4 is 0 Å². The van der Waals surface area contributed by atoms with E-state index in [1.807, 2.05) is 6.07 Å². The molecule has 8 heteroatoms. The Morgan fingerprint density at radius 3 is 2.68 bits per heavy atom. The molecular formula is C14H11Cl2N3O2S. The zero-order valence-corrected chi connectivity index (χ0v) is 13.8. The summed E-state index contributed by atoms with van der Waals surface area (Å²) in [5.74, 6) is 0.785. The molecule has 1 aromatic carbocycles. The van der Waals surface area contributed by atoms with Crippen LogP contribution in [0.2, 0.25) is 5.02 Å². The molecule has 0 spiro atoms. The number of aromatic nitrogens is 3. The van der Waals surface area contributed by atoms with Crippen molar-refractivity contribution in [3.8, 4) is 5.69 Å². The lowest BCUT2D eigenvalue weighted by Crippen LogP contribution is -2.04. The smallest absolute Gasteiger partial charge is 0.192 e. The average molecular weight is 356 g/mol. The standard InChI is InChI=1S/C14H11Cl2N3O2S/c1-22(20,21)14-7-10(4-5-17-14)19-12-3-2-9(16)6-11(12)18-13(19)8-15/h2-7H,8H2,1H3. The molecule has 0 aliphatic rings. The molecule has 22 heavy (non-hydrogen) atoms. The van der Waals surface area contributed by atoms with E-state index >= 15 is 0 Å². The summed E-state index contributed by atoms with van der Waals surface area (Å²) in [4.78, 5) is 8.33. The lowest BCUT2D eigenvalue weighted by molar-refractivity contribution is 0.598. The van der Waals surface area contributed by atoms with E-state index in [4.69, 9.17) is 23.2 Å². The van der Waals surface area contributed by atoms with Crippen molar-refractivity contribution in [1.82, 2.24) is 14.5 Å². The van der Waals surface area contributed by atoms with E-state index in [0.717, 1.165) is 11.8 Å². The first-order valence-electron chi connectivity index (χ1n) is 6.29. The number of nitrogens with zero attached hydrogens (tertiary/aromatic N) is 3. The number of hydrogen-bond acceptors (Lipinski definition) is 4. The highest BCUT2D eigenvalue weighted by Crippen LogP contribution is 2.25. The fraction of sp³-hybridized carbons (Fsp3) is 0.143. The van der Waals surface area contributed by atoms with Crippen LogP contribution in [0, 0.1) is 0 Å². The topological polar surface area (TPSA) is 64.8 Å². The molecule has 3 aromatic rings. The Morgan fingerprint density at radius 2 is 2.00 bits per heavy atom. The molecule has 0 saturated heterocycles. The van der Waals surface area contributed by atoms with Crippen molar-refractivity contribution in [3.63, 3.8) is 0 Å². The van der Waals surface area contributed by atoms with Gasteiger partial charge in [-0.25, -0.2) is 18.4 Å². The van der Waals surface area contributed by atoms with E-state index in [1.54, 1.807) is 22.8 Å². The van der Waals surface area contributed by atoms with Crippen LogP contribution in [0.5, 0.6) is 0 Å². The van der Waals surface area contributed by atoms with Crippen LogP contribution in [0.15, 0.2) is 41.6 Å². The molecule has 0 unspecified atom stereocenters. The van der Waals surface area contributed by atoms with E-state index in [0.29, 0.717) is 22.1 Å². The van der Waals surface area contributed by atoms with Crippen molar-refractivity contribution < 1.29 is 8.42 Å². The van der Waals surface area contributed by atoms with Crippen molar-refractivity contribution in [1.29, 1.82) is 0 Å². The van der Waals surface area contributed by atoms with Gasteiger partial charge in [0.25, 0.3) is 0 Å². The second-order valence-corrected chi connectivity index (χ2v) is 7.42. The van der Waals surface area contributed by atoms with E-state index in [-0.39, 0.29) is 10.9 Å². The molecule has 0 saturated carbocycles. The van der Waals surface area contributed by atoms with Crippen molar-refractivity contribution in [2.24, 2.45) is 0 Å². The molecular weight excluding hydrogens is 345 g/mol. The summed E-state index contributed by atoms with van der Waals surface area (Å²) >= 11 is 12.0. The Bertz CT molecular complexity index is 967. The minimum absolute atomic E-state index is 0.00124. The third-order valence-corrected chi connectivity index (χ3v) is 4.62. The number of fused-ring (bicyclic) bond motifs is 1. The quantitative estimate of drug-likeness (QED) is 0.676. The molecule has 0 aliphatic heterocycles. The number of pyridine rings is 1. The zero-order valence-electron chi connectivity index (χ0n) is 11.5. The van der Waals surface area contributed by atoms with Gasteiger partial charge in [-0.1, -0.05) is 11.6 Å². The van der Waals surface area contributed by atoms with Gasteiger partial charge in [0, 0.05) is 17.5 Å². The van der Waals surface area contributed by atoms with Crippen LogP contribution in [0.4, 0.5) is 0 Å². The largest absolute Gasteiger partial charge is 0.295 e. The second kappa shape index (κ2) is 5.53. The van der Waals surface area contributed by atoms with Gasteiger partial charge in [0.15, 0.2) is 14.9 Å². The van der Waals surface area contributed by atoms with Crippen LogP contribution in [-0.2, 0) is 15.7 Å². The van der Waals surface area contributed by atoms with Crippen LogP contribution in [0.25, 0.3) is 16.7 Å². The van der Waals surface area contributed by atoms with Crippen LogP contribution in [0.1, 0.15) is 5.82 Å². The number of imidazole rings is 1. The van der Waals surface area contributed by atoms with E-state index in [2.05, 4.69) is 9.97 Å². The van der Waals surface area contributed by atoms with Gasteiger partial charge in [-0.3, -0.25) is 4.57 Å². The summed E-state index contributed by atoms with van der Waals surface area (Å²) in [6.45, 7) is 0. The Labute approximate surface area is 137 Å². The molecule has 0 fully saturated rings. The normalized spacial score (nSPS) is 12.0. The third-order valence-electron chi connectivity index (χ3n) is 3.16. The fourth-order valence-electron chi connectivity index (χ4n) is 2.22. The van der Waals surface area contributed by atoms with E-state index in [9.17, 15) is 8.42 Å².